The van der Waals surface area contributed by atoms with Gasteiger partial charge in [0, 0.05) is 12.2 Å². The zero-order valence-corrected chi connectivity index (χ0v) is 15.3. The lowest BCUT2D eigenvalue weighted by Crippen LogP contribution is -2.46. The number of carbonyl (C=O) groups excluding carboxylic acids is 1. The second-order valence-electron chi connectivity index (χ2n) is 6.59. The minimum absolute atomic E-state index is 0. The molecule has 134 valence electrons. The number of carbonyl (C=O) groups is 1. The second-order valence-corrected chi connectivity index (χ2v) is 6.59. The van der Waals surface area contributed by atoms with Gasteiger partial charge in [-0.3, -0.25) is 4.79 Å². The zero-order valence-electron chi connectivity index (χ0n) is 14.5. The first kappa shape index (κ1) is 19.3. The van der Waals surface area contributed by atoms with Gasteiger partial charge in [-0.25, -0.2) is 0 Å². The van der Waals surface area contributed by atoms with E-state index in [1.807, 2.05) is 61.5 Å². The van der Waals surface area contributed by atoms with Gasteiger partial charge in [0.2, 0.25) is 5.91 Å². The van der Waals surface area contributed by atoms with Crippen molar-refractivity contribution in [3.63, 3.8) is 0 Å². The summed E-state index contributed by atoms with van der Waals surface area (Å²) in [6.45, 7) is 4.29. The van der Waals surface area contributed by atoms with Crippen molar-refractivity contribution < 1.29 is 9.53 Å². The minimum atomic E-state index is -0.333. The number of anilines is 1. The molecule has 1 fully saturated rings. The summed E-state index contributed by atoms with van der Waals surface area (Å²) in [5.41, 5.74) is 1.60. The Labute approximate surface area is 155 Å². The molecular weight excluding hydrogens is 336 g/mol. The van der Waals surface area contributed by atoms with Crippen molar-refractivity contribution in [3.05, 3.63) is 60.2 Å². The van der Waals surface area contributed by atoms with Gasteiger partial charge in [-0.15, -0.1) is 12.4 Å². The molecule has 0 aliphatic carbocycles. The van der Waals surface area contributed by atoms with Crippen LogP contribution in [-0.2, 0) is 11.4 Å². The summed E-state index contributed by atoms with van der Waals surface area (Å²) < 4.78 is 5.77. The lowest BCUT2D eigenvalue weighted by molar-refractivity contribution is -0.125. The third-order valence-electron chi connectivity index (χ3n) is 4.51. The number of hydrogen-bond donors (Lipinski definition) is 2. The van der Waals surface area contributed by atoms with Gasteiger partial charge >= 0.3 is 0 Å². The Morgan fingerprint density at radius 1 is 1.16 bits per heavy atom. The van der Waals surface area contributed by atoms with Crippen molar-refractivity contribution >= 4 is 24.0 Å². The molecule has 0 bridgehead atoms. The Morgan fingerprint density at radius 3 is 2.52 bits per heavy atom. The number of nitrogens with one attached hydrogen (secondary N) is 2. The molecule has 2 aromatic rings. The molecule has 2 N–H and O–H groups in total. The van der Waals surface area contributed by atoms with Gasteiger partial charge in [-0.2, -0.15) is 0 Å². The number of hydrogen-bond acceptors (Lipinski definition) is 3. The van der Waals surface area contributed by atoms with E-state index in [-0.39, 0.29) is 23.7 Å². The van der Waals surface area contributed by atoms with Gasteiger partial charge in [0.15, 0.2) is 0 Å². The summed E-state index contributed by atoms with van der Waals surface area (Å²) in [5.74, 6) is 0.870. The SMILES string of the molecule is CC1(C(=O)Nc2ccc(OCc3ccccc3)cc2)CCCNC1.Cl. The van der Waals surface area contributed by atoms with Crippen LogP contribution in [0.3, 0.4) is 0 Å². The number of benzene rings is 2. The quantitative estimate of drug-likeness (QED) is 0.846. The van der Waals surface area contributed by atoms with Crippen LogP contribution in [-0.4, -0.2) is 19.0 Å². The highest BCUT2D eigenvalue weighted by atomic mass is 35.5. The monoisotopic (exact) mass is 360 g/mol. The summed E-state index contributed by atoms with van der Waals surface area (Å²) in [4.78, 5) is 12.5. The first-order chi connectivity index (χ1) is 11.7. The number of rotatable bonds is 5. The summed E-state index contributed by atoms with van der Waals surface area (Å²) >= 11 is 0. The normalized spacial score (nSPS) is 19.6. The average molecular weight is 361 g/mol. The lowest BCUT2D eigenvalue weighted by Gasteiger charge is -2.32. The highest BCUT2D eigenvalue weighted by Gasteiger charge is 2.34. The fraction of sp³-hybridized carbons (Fsp3) is 0.350. The van der Waals surface area contributed by atoms with Gasteiger partial charge < -0.3 is 15.4 Å². The van der Waals surface area contributed by atoms with Crippen molar-refractivity contribution in [2.45, 2.75) is 26.4 Å². The van der Waals surface area contributed by atoms with E-state index in [0.29, 0.717) is 6.61 Å². The first-order valence-corrected chi connectivity index (χ1v) is 8.45. The highest BCUT2D eigenvalue weighted by molar-refractivity contribution is 5.95. The topological polar surface area (TPSA) is 50.4 Å². The van der Waals surface area contributed by atoms with Gasteiger partial charge in [-0.1, -0.05) is 30.3 Å². The standard InChI is InChI=1S/C20H24N2O2.ClH/c1-20(12-5-13-21-15-20)19(23)22-17-8-10-18(11-9-17)24-14-16-6-3-2-4-7-16;/h2-4,6-11,21H,5,12-15H2,1H3,(H,22,23);1H. The number of ether oxygens (including phenoxy) is 1. The smallest absolute Gasteiger partial charge is 0.231 e. The maximum atomic E-state index is 12.5. The molecular formula is C20H25ClN2O2. The molecule has 1 amide bonds. The fourth-order valence-corrected chi connectivity index (χ4v) is 2.91. The molecule has 5 heteroatoms. The zero-order chi connectivity index (χ0) is 16.8. The van der Waals surface area contributed by atoms with Crippen LogP contribution in [0.4, 0.5) is 5.69 Å². The molecule has 0 aromatic heterocycles. The molecule has 4 nitrogen and oxygen atoms in total. The van der Waals surface area contributed by atoms with E-state index >= 15 is 0 Å². The minimum Gasteiger partial charge on any atom is -0.489 e. The average Bonchev–Trinajstić information content (AvgIpc) is 2.62. The highest BCUT2D eigenvalue weighted by Crippen LogP contribution is 2.27. The lowest BCUT2D eigenvalue weighted by atomic mass is 9.82. The molecule has 0 saturated carbocycles. The molecule has 0 spiro atoms. The third-order valence-corrected chi connectivity index (χ3v) is 4.51. The molecule has 1 atom stereocenters. The van der Waals surface area contributed by atoms with E-state index in [1.54, 1.807) is 0 Å². The summed E-state index contributed by atoms with van der Waals surface area (Å²) in [6, 6.07) is 17.6. The van der Waals surface area contributed by atoms with Crippen LogP contribution in [0, 0.1) is 5.41 Å². The molecule has 0 radical (unpaired) electrons. The van der Waals surface area contributed by atoms with E-state index < -0.39 is 0 Å². The molecule has 1 aliphatic rings. The summed E-state index contributed by atoms with van der Waals surface area (Å²) in [5, 5.41) is 6.32. The van der Waals surface area contributed by atoms with Gasteiger partial charge in [0.05, 0.1) is 5.41 Å². The van der Waals surface area contributed by atoms with E-state index in [2.05, 4.69) is 10.6 Å². The van der Waals surface area contributed by atoms with Crippen LogP contribution >= 0.6 is 12.4 Å². The van der Waals surface area contributed by atoms with Crippen LogP contribution in [0.15, 0.2) is 54.6 Å². The third kappa shape index (κ3) is 5.21. The van der Waals surface area contributed by atoms with Crippen molar-refractivity contribution in [1.82, 2.24) is 5.32 Å². The molecule has 1 aliphatic heterocycles. The molecule has 25 heavy (non-hydrogen) atoms. The van der Waals surface area contributed by atoms with Crippen LogP contribution in [0.1, 0.15) is 25.3 Å². The summed E-state index contributed by atoms with van der Waals surface area (Å²) in [7, 11) is 0. The Hall–Kier alpha value is -2.04. The second kappa shape index (κ2) is 8.88. The van der Waals surface area contributed by atoms with Gasteiger partial charge in [-0.05, 0) is 56.1 Å². The first-order valence-electron chi connectivity index (χ1n) is 8.45. The van der Waals surface area contributed by atoms with Crippen molar-refractivity contribution in [2.24, 2.45) is 5.41 Å². The van der Waals surface area contributed by atoms with Crippen LogP contribution < -0.4 is 15.4 Å². The van der Waals surface area contributed by atoms with Crippen molar-refractivity contribution in [2.75, 3.05) is 18.4 Å². The predicted molar refractivity (Wildman–Crippen MR) is 103 cm³/mol. The Bertz CT molecular complexity index is 668. The molecule has 3 rings (SSSR count). The number of piperidine rings is 1. The van der Waals surface area contributed by atoms with Crippen LogP contribution in [0.2, 0.25) is 0 Å². The maximum absolute atomic E-state index is 12.5. The van der Waals surface area contributed by atoms with Gasteiger partial charge in [0.25, 0.3) is 0 Å². The largest absolute Gasteiger partial charge is 0.489 e. The van der Waals surface area contributed by atoms with Crippen LogP contribution in [0.5, 0.6) is 5.75 Å². The van der Waals surface area contributed by atoms with Gasteiger partial charge in [0.1, 0.15) is 12.4 Å². The van der Waals surface area contributed by atoms with E-state index in [0.717, 1.165) is 42.9 Å². The Balaban J connectivity index is 0.00000225. The fourth-order valence-electron chi connectivity index (χ4n) is 2.91. The van der Waals surface area contributed by atoms with E-state index in [1.165, 1.54) is 0 Å². The molecule has 2 aromatic carbocycles. The number of amides is 1. The summed E-state index contributed by atoms with van der Waals surface area (Å²) in [6.07, 6.45) is 1.96. The number of halogens is 1. The van der Waals surface area contributed by atoms with Crippen LogP contribution in [0.25, 0.3) is 0 Å². The predicted octanol–water partition coefficient (Wildman–Crippen LogP) is 4.02. The van der Waals surface area contributed by atoms with Crippen molar-refractivity contribution in [1.29, 1.82) is 0 Å². The van der Waals surface area contributed by atoms with Crippen molar-refractivity contribution in [3.8, 4) is 5.75 Å². The maximum Gasteiger partial charge on any atom is 0.231 e. The molecule has 1 unspecified atom stereocenters. The van der Waals surface area contributed by atoms with E-state index in [9.17, 15) is 4.79 Å². The molecule has 1 heterocycles. The molecule has 1 saturated heterocycles. The Kier molecular flexibility index (Phi) is 6.85. The Morgan fingerprint density at radius 2 is 1.88 bits per heavy atom. The van der Waals surface area contributed by atoms with E-state index in [4.69, 9.17) is 4.74 Å².